The predicted octanol–water partition coefficient (Wildman–Crippen LogP) is 4.80. The summed E-state index contributed by atoms with van der Waals surface area (Å²) in [6.45, 7) is 4.61. The van der Waals surface area contributed by atoms with Crippen LogP contribution in [0, 0.1) is 12.8 Å². The van der Waals surface area contributed by atoms with Crippen LogP contribution in [0.25, 0.3) is 0 Å². The Morgan fingerprint density at radius 1 is 1.11 bits per heavy atom. The van der Waals surface area contributed by atoms with Gasteiger partial charge in [-0.15, -0.1) is 0 Å². The number of oxazole rings is 1. The molecule has 2 atom stereocenters. The zero-order chi connectivity index (χ0) is 25.7. The van der Waals surface area contributed by atoms with Crippen LogP contribution in [0.15, 0.2) is 59.1 Å². The van der Waals surface area contributed by atoms with Gasteiger partial charge in [0.1, 0.15) is 11.8 Å². The molecule has 1 aromatic heterocycles. The Hall–Kier alpha value is -4.14. The van der Waals surface area contributed by atoms with Crippen LogP contribution in [0.4, 0.5) is 16.2 Å². The summed E-state index contributed by atoms with van der Waals surface area (Å²) in [5, 5.41) is 14.5. The number of hydrogen-bond donors (Lipinski definition) is 3. The Balaban J connectivity index is 1.35. The van der Waals surface area contributed by atoms with Crippen molar-refractivity contribution in [3.8, 4) is 0 Å². The molecule has 0 aliphatic carbocycles. The van der Waals surface area contributed by atoms with E-state index in [0.29, 0.717) is 29.8 Å². The van der Waals surface area contributed by atoms with Gasteiger partial charge in [0.25, 0.3) is 0 Å². The lowest BCUT2D eigenvalue weighted by molar-refractivity contribution is -0.137. The van der Waals surface area contributed by atoms with E-state index >= 15 is 0 Å². The van der Waals surface area contributed by atoms with Crippen molar-refractivity contribution in [1.29, 1.82) is 0 Å². The summed E-state index contributed by atoms with van der Waals surface area (Å²) in [5.41, 5.74) is 3.17. The molecule has 0 spiro atoms. The fourth-order valence-corrected chi connectivity index (χ4v) is 4.36. The molecule has 4 rings (SSSR count). The summed E-state index contributed by atoms with van der Waals surface area (Å²) < 4.78 is 5.79. The lowest BCUT2D eigenvalue weighted by Gasteiger charge is -2.22. The van der Waals surface area contributed by atoms with Crippen LogP contribution in [-0.4, -0.2) is 39.4 Å². The normalized spacial score (nSPS) is 17.1. The van der Waals surface area contributed by atoms with E-state index in [2.05, 4.69) is 22.5 Å². The number of benzene rings is 2. The van der Waals surface area contributed by atoms with Crippen LogP contribution in [0.5, 0.6) is 0 Å². The Morgan fingerprint density at radius 3 is 2.58 bits per heavy atom. The third-order valence-corrected chi connectivity index (χ3v) is 6.23. The van der Waals surface area contributed by atoms with Crippen LogP contribution < -0.4 is 10.6 Å². The molecule has 188 valence electrons. The van der Waals surface area contributed by atoms with E-state index in [0.717, 1.165) is 23.2 Å². The van der Waals surface area contributed by atoms with Crippen LogP contribution in [0.1, 0.15) is 48.6 Å². The van der Waals surface area contributed by atoms with E-state index in [1.807, 2.05) is 43.3 Å². The number of aryl methyl sites for hydroxylation is 2. The van der Waals surface area contributed by atoms with Gasteiger partial charge in [0.15, 0.2) is 0 Å². The van der Waals surface area contributed by atoms with E-state index in [1.165, 1.54) is 0 Å². The number of amides is 3. The standard InChI is InChI=1S/C27H30N4O5/c1-17-13-23(26-28-15-21(36-26)11-12-25(33)34)31(16-17)24(32)14-19-7-9-20(10-8-19)29-27(35)30-22-6-4-3-5-18(22)2/h3-10,15,17,23H,11-14,16H2,1-2H3,(H,33,34)(H2,29,30,35). The van der Waals surface area contributed by atoms with Crippen molar-refractivity contribution in [2.24, 2.45) is 5.92 Å². The van der Waals surface area contributed by atoms with E-state index in [9.17, 15) is 14.4 Å². The first-order valence-corrected chi connectivity index (χ1v) is 12.0. The number of carboxylic acids is 1. The number of carboxylic acid groups (broad SMARTS) is 1. The monoisotopic (exact) mass is 490 g/mol. The minimum Gasteiger partial charge on any atom is -0.481 e. The summed E-state index contributed by atoms with van der Waals surface area (Å²) in [7, 11) is 0. The fourth-order valence-electron chi connectivity index (χ4n) is 4.36. The fraction of sp³-hybridized carbons (Fsp3) is 0.333. The van der Waals surface area contributed by atoms with Gasteiger partial charge in [-0.1, -0.05) is 37.3 Å². The SMILES string of the molecule is Cc1ccccc1NC(=O)Nc1ccc(CC(=O)N2CC(C)CC2c2ncc(CCC(=O)O)o2)cc1. The van der Waals surface area contributed by atoms with E-state index < -0.39 is 5.97 Å². The van der Waals surface area contributed by atoms with Gasteiger partial charge in [-0.05, 0) is 48.6 Å². The Morgan fingerprint density at radius 2 is 1.86 bits per heavy atom. The number of nitrogens with zero attached hydrogens (tertiary/aromatic N) is 2. The maximum atomic E-state index is 13.2. The van der Waals surface area contributed by atoms with Gasteiger partial charge in [-0.2, -0.15) is 0 Å². The number of likely N-dealkylation sites (tertiary alicyclic amines) is 1. The van der Waals surface area contributed by atoms with Gasteiger partial charge < -0.3 is 25.1 Å². The van der Waals surface area contributed by atoms with Crippen LogP contribution in [-0.2, 0) is 22.4 Å². The number of hydrogen-bond acceptors (Lipinski definition) is 5. The first-order valence-electron chi connectivity index (χ1n) is 12.0. The number of aromatic nitrogens is 1. The van der Waals surface area contributed by atoms with Crippen molar-refractivity contribution in [3.05, 3.63) is 77.5 Å². The number of rotatable bonds is 8. The van der Waals surface area contributed by atoms with Gasteiger partial charge >= 0.3 is 12.0 Å². The highest BCUT2D eigenvalue weighted by atomic mass is 16.4. The molecule has 2 heterocycles. The zero-order valence-corrected chi connectivity index (χ0v) is 20.4. The third-order valence-electron chi connectivity index (χ3n) is 6.23. The van der Waals surface area contributed by atoms with Crippen molar-refractivity contribution < 1.29 is 23.9 Å². The lowest BCUT2D eigenvalue weighted by atomic mass is 10.1. The first-order chi connectivity index (χ1) is 17.3. The molecule has 0 radical (unpaired) electrons. The zero-order valence-electron chi connectivity index (χ0n) is 20.4. The molecule has 9 heteroatoms. The molecule has 1 aliphatic rings. The van der Waals surface area contributed by atoms with Gasteiger partial charge in [0.2, 0.25) is 11.8 Å². The Kier molecular flexibility index (Phi) is 7.68. The number of aliphatic carboxylic acids is 1. The first kappa shape index (κ1) is 25.0. The van der Waals surface area contributed by atoms with Crippen LogP contribution in [0.3, 0.4) is 0 Å². The van der Waals surface area contributed by atoms with Crippen molar-refractivity contribution in [2.45, 2.75) is 45.6 Å². The molecule has 9 nitrogen and oxygen atoms in total. The number of nitrogens with one attached hydrogen (secondary N) is 2. The number of anilines is 2. The van der Waals surface area contributed by atoms with E-state index in [1.54, 1.807) is 23.2 Å². The second kappa shape index (κ2) is 11.1. The maximum Gasteiger partial charge on any atom is 0.323 e. The highest BCUT2D eigenvalue weighted by Gasteiger charge is 2.37. The summed E-state index contributed by atoms with van der Waals surface area (Å²) in [6, 6.07) is 14.1. The highest BCUT2D eigenvalue weighted by Crippen LogP contribution is 2.35. The molecular weight excluding hydrogens is 460 g/mol. The molecule has 3 amide bonds. The van der Waals surface area contributed by atoms with Gasteiger partial charge in [0, 0.05) is 24.3 Å². The van der Waals surface area contributed by atoms with Crippen molar-refractivity contribution in [1.82, 2.24) is 9.88 Å². The minimum absolute atomic E-state index is 0.0310. The second-order valence-corrected chi connectivity index (χ2v) is 9.23. The maximum absolute atomic E-state index is 13.2. The molecule has 1 aliphatic heterocycles. The minimum atomic E-state index is -0.896. The topological polar surface area (TPSA) is 125 Å². The summed E-state index contributed by atoms with van der Waals surface area (Å²) in [6.07, 6.45) is 2.73. The van der Waals surface area contributed by atoms with E-state index in [-0.39, 0.29) is 37.2 Å². The lowest BCUT2D eigenvalue weighted by Crippen LogP contribution is -2.32. The van der Waals surface area contributed by atoms with E-state index in [4.69, 9.17) is 9.52 Å². The van der Waals surface area contributed by atoms with Gasteiger partial charge in [-0.25, -0.2) is 9.78 Å². The second-order valence-electron chi connectivity index (χ2n) is 9.23. The van der Waals surface area contributed by atoms with Crippen molar-refractivity contribution in [3.63, 3.8) is 0 Å². The Bertz CT molecular complexity index is 1240. The molecule has 0 bridgehead atoms. The average molecular weight is 491 g/mol. The number of carbonyl (C=O) groups is 3. The largest absolute Gasteiger partial charge is 0.481 e. The number of urea groups is 1. The molecule has 2 unspecified atom stereocenters. The summed E-state index contributed by atoms with van der Waals surface area (Å²) in [5.74, 6) is 0.327. The van der Waals surface area contributed by atoms with Crippen LogP contribution in [0.2, 0.25) is 0 Å². The molecular formula is C27H30N4O5. The highest BCUT2D eigenvalue weighted by molar-refractivity contribution is 6.00. The Labute approximate surface area is 209 Å². The van der Waals surface area contributed by atoms with Gasteiger partial charge in [0.05, 0.1) is 19.0 Å². The quantitative estimate of drug-likeness (QED) is 0.417. The van der Waals surface area contributed by atoms with Crippen molar-refractivity contribution in [2.75, 3.05) is 17.2 Å². The molecule has 2 aromatic carbocycles. The number of para-hydroxylation sites is 1. The summed E-state index contributed by atoms with van der Waals surface area (Å²) >= 11 is 0. The molecule has 1 fully saturated rings. The van der Waals surface area contributed by atoms with Crippen molar-refractivity contribution >= 4 is 29.3 Å². The third kappa shape index (κ3) is 6.29. The number of carbonyl (C=O) groups excluding carboxylic acids is 2. The molecule has 36 heavy (non-hydrogen) atoms. The van der Waals surface area contributed by atoms with Gasteiger partial charge in [-0.3, -0.25) is 9.59 Å². The molecule has 0 saturated carbocycles. The predicted molar refractivity (Wildman–Crippen MR) is 135 cm³/mol. The summed E-state index contributed by atoms with van der Waals surface area (Å²) in [4.78, 5) is 42.4. The smallest absolute Gasteiger partial charge is 0.323 e. The van der Waals surface area contributed by atoms with Crippen LogP contribution >= 0.6 is 0 Å². The molecule has 3 aromatic rings. The molecule has 1 saturated heterocycles. The molecule has 3 N–H and O–H groups in total. The average Bonchev–Trinajstić information content (AvgIpc) is 3.47.